The fourth-order valence-electron chi connectivity index (χ4n) is 2.01. The van der Waals surface area contributed by atoms with E-state index in [1.54, 1.807) is 0 Å². The van der Waals surface area contributed by atoms with Gasteiger partial charge in [-0.2, -0.15) is 0 Å². The highest BCUT2D eigenvalue weighted by Crippen LogP contribution is 2.06. The van der Waals surface area contributed by atoms with Gasteiger partial charge in [-0.1, -0.05) is 30.3 Å². The van der Waals surface area contributed by atoms with E-state index < -0.39 is 42.0 Å². The first-order valence-electron chi connectivity index (χ1n) is 8.50. The Morgan fingerprint density at radius 1 is 0.929 bits per heavy atom. The first-order valence-corrected chi connectivity index (χ1v) is 8.50. The van der Waals surface area contributed by atoms with Gasteiger partial charge in [-0.3, -0.25) is 24.5 Å². The Bertz CT molecular complexity index is 650. The minimum absolute atomic E-state index is 0.0231. The summed E-state index contributed by atoms with van der Waals surface area (Å²) in [4.78, 5) is 41.6. The SMILES string of the molecule is C[C@@H](N[C@@H](CCc1ccccc1)C(=O)O)C(=O)O.N[C@@H](CCC(=O)O)C(=O)O. The molecule has 7 N–H and O–H groups in total. The van der Waals surface area contributed by atoms with Crippen LogP contribution in [0, 0.1) is 0 Å². The number of hydrogen-bond donors (Lipinski definition) is 6. The van der Waals surface area contributed by atoms with Crippen molar-refractivity contribution in [3.05, 3.63) is 35.9 Å². The smallest absolute Gasteiger partial charge is 0.320 e. The highest BCUT2D eigenvalue weighted by molar-refractivity contribution is 5.77. The summed E-state index contributed by atoms with van der Waals surface area (Å²) in [6, 6.07) is 6.72. The molecule has 1 rings (SSSR count). The molecule has 10 heteroatoms. The predicted molar refractivity (Wildman–Crippen MR) is 98.9 cm³/mol. The van der Waals surface area contributed by atoms with Crippen molar-refractivity contribution in [3.8, 4) is 0 Å². The second-order valence-corrected chi connectivity index (χ2v) is 6.02. The van der Waals surface area contributed by atoms with Crippen molar-refractivity contribution < 1.29 is 39.6 Å². The molecule has 0 heterocycles. The van der Waals surface area contributed by atoms with Gasteiger partial charge in [0.15, 0.2) is 0 Å². The number of nitrogens with one attached hydrogen (secondary N) is 1. The number of benzene rings is 1. The van der Waals surface area contributed by atoms with Crippen molar-refractivity contribution in [2.75, 3.05) is 0 Å². The van der Waals surface area contributed by atoms with Gasteiger partial charge in [-0.25, -0.2) is 0 Å². The second-order valence-electron chi connectivity index (χ2n) is 6.02. The predicted octanol–water partition coefficient (Wildman–Crippen LogP) is 0.398. The molecule has 0 saturated carbocycles. The summed E-state index contributed by atoms with van der Waals surface area (Å²) in [6.45, 7) is 1.43. The lowest BCUT2D eigenvalue weighted by Crippen LogP contribution is -2.45. The Hall–Kier alpha value is -2.98. The van der Waals surface area contributed by atoms with Gasteiger partial charge in [0.05, 0.1) is 0 Å². The lowest BCUT2D eigenvalue weighted by atomic mass is 10.0. The van der Waals surface area contributed by atoms with Crippen LogP contribution in [-0.4, -0.2) is 62.4 Å². The van der Waals surface area contributed by atoms with E-state index in [1.165, 1.54) is 6.92 Å². The van der Waals surface area contributed by atoms with E-state index in [0.717, 1.165) is 5.56 Å². The van der Waals surface area contributed by atoms with E-state index in [9.17, 15) is 19.2 Å². The number of carboxylic acids is 4. The molecule has 0 bridgehead atoms. The molecule has 1 aromatic rings. The van der Waals surface area contributed by atoms with Crippen molar-refractivity contribution in [2.45, 2.75) is 50.7 Å². The van der Waals surface area contributed by atoms with Crippen LogP contribution in [-0.2, 0) is 25.6 Å². The third-order valence-electron chi connectivity index (χ3n) is 3.67. The molecule has 156 valence electrons. The molecule has 0 spiro atoms. The van der Waals surface area contributed by atoms with Gasteiger partial charge in [-0.15, -0.1) is 0 Å². The Kier molecular flexibility index (Phi) is 11.8. The summed E-state index contributed by atoms with van der Waals surface area (Å²) in [7, 11) is 0. The third-order valence-corrected chi connectivity index (χ3v) is 3.67. The van der Waals surface area contributed by atoms with Crippen LogP contribution < -0.4 is 11.1 Å². The number of carboxylic acid groups (broad SMARTS) is 4. The molecule has 0 aliphatic heterocycles. The standard InChI is InChI=1S/C13H17NO4.C5H9NO4/c1-9(12(15)16)14-11(13(17)18)8-7-10-5-3-2-4-6-10;6-3(5(9)10)1-2-4(7)8/h2-6,9,11,14H,7-8H2,1H3,(H,15,16)(H,17,18);3H,1-2,6H2,(H,7,8)(H,9,10)/t9-,11+;3-/m10/s1. The van der Waals surface area contributed by atoms with Crippen molar-refractivity contribution >= 4 is 23.9 Å². The maximum Gasteiger partial charge on any atom is 0.320 e. The Labute approximate surface area is 162 Å². The maximum absolute atomic E-state index is 11.0. The minimum atomic E-state index is -1.17. The second kappa shape index (κ2) is 13.2. The summed E-state index contributed by atoms with van der Waals surface area (Å²) in [5, 5.41) is 36.6. The van der Waals surface area contributed by atoms with Crippen molar-refractivity contribution in [1.29, 1.82) is 0 Å². The van der Waals surface area contributed by atoms with Gasteiger partial charge < -0.3 is 26.2 Å². The van der Waals surface area contributed by atoms with Gasteiger partial charge in [0.25, 0.3) is 0 Å². The van der Waals surface area contributed by atoms with E-state index in [0.29, 0.717) is 12.8 Å². The molecule has 3 atom stereocenters. The number of hydrogen-bond acceptors (Lipinski definition) is 6. The summed E-state index contributed by atoms with van der Waals surface area (Å²) in [5.74, 6) is -4.28. The van der Waals surface area contributed by atoms with Crippen molar-refractivity contribution in [1.82, 2.24) is 5.32 Å². The van der Waals surface area contributed by atoms with E-state index in [1.807, 2.05) is 30.3 Å². The average molecular weight is 398 g/mol. The average Bonchev–Trinajstić information content (AvgIpc) is 2.63. The summed E-state index contributed by atoms with van der Waals surface area (Å²) in [6.07, 6.45) is 0.728. The Morgan fingerprint density at radius 3 is 1.93 bits per heavy atom. The monoisotopic (exact) mass is 398 g/mol. The zero-order valence-electron chi connectivity index (χ0n) is 15.4. The van der Waals surface area contributed by atoms with E-state index in [-0.39, 0.29) is 12.8 Å². The van der Waals surface area contributed by atoms with E-state index >= 15 is 0 Å². The molecule has 1 aromatic carbocycles. The number of aliphatic carboxylic acids is 4. The summed E-state index contributed by atoms with van der Waals surface area (Å²) >= 11 is 0. The fourth-order valence-corrected chi connectivity index (χ4v) is 2.01. The number of nitrogens with two attached hydrogens (primary N) is 1. The van der Waals surface area contributed by atoms with Crippen molar-refractivity contribution in [3.63, 3.8) is 0 Å². The van der Waals surface area contributed by atoms with Gasteiger partial charge in [0.1, 0.15) is 18.1 Å². The molecular formula is C18H26N2O8. The number of aryl methyl sites for hydroxylation is 1. The quantitative estimate of drug-likeness (QED) is 0.304. The van der Waals surface area contributed by atoms with Crippen LogP contribution in [0.1, 0.15) is 31.7 Å². The van der Waals surface area contributed by atoms with Gasteiger partial charge in [0.2, 0.25) is 0 Å². The van der Waals surface area contributed by atoms with Crippen LogP contribution in [0.2, 0.25) is 0 Å². The third kappa shape index (κ3) is 11.6. The van der Waals surface area contributed by atoms with Gasteiger partial charge in [-0.05, 0) is 31.7 Å². The zero-order chi connectivity index (χ0) is 21.7. The van der Waals surface area contributed by atoms with Gasteiger partial charge >= 0.3 is 23.9 Å². The molecule has 0 unspecified atom stereocenters. The van der Waals surface area contributed by atoms with Crippen molar-refractivity contribution in [2.24, 2.45) is 5.73 Å². The first-order chi connectivity index (χ1) is 13.0. The fraction of sp³-hybridized carbons (Fsp3) is 0.444. The number of carbonyl (C=O) groups is 4. The molecule has 0 radical (unpaired) electrons. The van der Waals surface area contributed by atoms with E-state index in [2.05, 4.69) is 5.32 Å². The Balaban J connectivity index is 0.000000621. The van der Waals surface area contributed by atoms with Crippen LogP contribution in [0.25, 0.3) is 0 Å². The molecule has 28 heavy (non-hydrogen) atoms. The maximum atomic E-state index is 11.0. The molecule has 0 aromatic heterocycles. The molecule has 10 nitrogen and oxygen atoms in total. The van der Waals surface area contributed by atoms with Gasteiger partial charge in [0, 0.05) is 6.42 Å². The topological polar surface area (TPSA) is 187 Å². The van der Waals surface area contributed by atoms with Crippen LogP contribution in [0.4, 0.5) is 0 Å². The summed E-state index contributed by atoms with van der Waals surface area (Å²) in [5.41, 5.74) is 6.04. The highest BCUT2D eigenvalue weighted by atomic mass is 16.4. The molecule has 0 saturated heterocycles. The van der Waals surface area contributed by atoms with Crippen LogP contribution >= 0.6 is 0 Å². The Morgan fingerprint density at radius 2 is 1.50 bits per heavy atom. The molecule has 0 aliphatic rings. The van der Waals surface area contributed by atoms with E-state index in [4.69, 9.17) is 26.2 Å². The first kappa shape index (κ1) is 25.0. The molecule has 0 fully saturated rings. The number of rotatable bonds is 11. The van der Waals surface area contributed by atoms with Crippen LogP contribution in [0.5, 0.6) is 0 Å². The minimum Gasteiger partial charge on any atom is -0.481 e. The largest absolute Gasteiger partial charge is 0.481 e. The normalized spacial score (nSPS) is 13.4. The van der Waals surface area contributed by atoms with Crippen LogP contribution in [0.3, 0.4) is 0 Å². The lowest BCUT2D eigenvalue weighted by Gasteiger charge is -2.17. The highest BCUT2D eigenvalue weighted by Gasteiger charge is 2.22. The molecule has 0 amide bonds. The zero-order valence-corrected chi connectivity index (χ0v) is 15.4. The lowest BCUT2D eigenvalue weighted by molar-refractivity contribution is -0.143. The summed E-state index contributed by atoms with van der Waals surface area (Å²) < 4.78 is 0. The molecular weight excluding hydrogens is 372 g/mol. The molecule has 0 aliphatic carbocycles. The van der Waals surface area contributed by atoms with Crippen LogP contribution in [0.15, 0.2) is 30.3 Å².